The van der Waals surface area contributed by atoms with E-state index in [0.717, 1.165) is 17.4 Å². The molecule has 2 rings (SSSR count). The summed E-state index contributed by atoms with van der Waals surface area (Å²) in [5.74, 6) is -0.854. The number of halogens is 1. The van der Waals surface area contributed by atoms with Crippen LogP contribution in [0, 0.1) is 27.2 Å². The minimum absolute atomic E-state index is 0.146. The molecule has 1 amide bonds. The third-order valence-corrected chi connectivity index (χ3v) is 3.59. The Hall–Kier alpha value is -2.66. The van der Waals surface area contributed by atoms with Crippen molar-refractivity contribution in [2.45, 2.75) is 6.92 Å². The molecule has 0 atom stereocenters. The van der Waals surface area contributed by atoms with Crippen molar-refractivity contribution >= 4 is 45.4 Å². The Labute approximate surface area is 131 Å². The lowest BCUT2D eigenvalue weighted by Gasteiger charge is -2.04. The van der Waals surface area contributed by atoms with Gasteiger partial charge in [0.05, 0.1) is 21.5 Å². The maximum Gasteiger partial charge on any atom is 0.295 e. The molecule has 1 aromatic heterocycles. The van der Waals surface area contributed by atoms with Crippen LogP contribution in [-0.2, 0) is 0 Å². The number of non-ortho nitro benzene ring substituents is 1. The molecule has 0 saturated heterocycles. The molecule has 0 fully saturated rings. The van der Waals surface area contributed by atoms with Crippen molar-refractivity contribution in [3.63, 3.8) is 0 Å². The van der Waals surface area contributed by atoms with Gasteiger partial charge in [0, 0.05) is 6.07 Å². The molecule has 0 aliphatic rings. The molecule has 0 spiro atoms. The standard InChI is InChI=1S/C10H6ClN5O5S/c1-4-13-14-10(22-4)12-9(17)6-2-5(15(18)19)3-7(8(6)11)16(20)21/h2-3H,1H3,(H,12,14,17). The fraction of sp³-hybridized carbons (Fsp3) is 0.100. The summed E-state index contributed by atoms with van der Waals surface area (Å²) in [6.07, 6.45) is 0. The number of nitrogens with one attached hydrogen (secondary N) is 1. The fourth-order valence-corrected chi connectivity index (χ4v) is 2.36. The van der Waals surface area contributed by atoms with Gasteiger partial charge in [-0.3, -0.25) is 30.3 Å². The number of hydrogen-bond donors (Lipinski definition) is 1. The van der Waals surface area contributed by atoms with Crippen LogP contribution in [0.3, 0.4) is 0 Å². The van der Waals surface area contributed by atoms with Crippen LogP contribution < -0.4 is 5.32 Å². The number of nitro groups is 2. The molecule has 0 unspecified atom stereocenters. The Kier molecular flexibility index (Phi) is 4.28. The number of carbonyl (C=O) groups excluding carboxylic acids is 1. The minimum Gasteiger partial charge on any atom is -0.296 e. The van der Waals surface area contributed by atoms with Gasteiger partial charge in [0.15, 0.2) is 0 Å². The van der Waals surface area contributed by atoms with Gasteiger partial charge < -0.3 is 0 Å². The summed E-state index contributed by atoms with van der Waals surface area (Å²) >= 11 is 6.86. The van der Waals surface area contributed by atoms with E-state index < -0.39 is 37.7 Å². The summed E-state index contributed by atoms with van der Waals surface area (Å²) in [7, 11) is 0. The molecule has 0 aliphatic heterocycles. The normalized spacial score (nSPS) is 10.3. The predicted octanol–water partition coefficient (Wildman–Crippen LogP) is 2.57. The van der Waals surface area contributed by atoms with Gasteiger partial charge in [0.2, 0.25) is 5.13 Å². The highest BCUT2D eigenvalue weighted by molar-refractivity contribution is 7.15. The summed E-state index contributed by atoms with van der Waals surface area (Å²) in [6, 6.07) is 1.55. The third kappa shape index (κ3) is 3.15. The quantitative estimate of drug-likeness (QED) is 0.664. The number of anilines is 1. The van der Waals surface area contributed by atoms with E-state index in [1.54, 1.807) is 6.92 Å². The number of nitrogens with zero attached hydrogens (tertiary/aromatic N) is 4. The average molecular weight is 344 g/mol. The molecule has 0 radical (unpaired) electrons. The van der Waals surface area contributed by atoms with Crippen LogP contribution in [0.4, 0.5) is 16.5 Å². The molecule has 2 aromatic rings. The Morgan fingerprint density at radius 3 is 2.45 bits per heavy atom. The maximum absolute atomic E-state index is 12.1. The van der Waals surface area contributed by atoms with E-state index in [-0.39, 0.29) is 5.13 Å². The first-order valence-electron chi connectivity index (χ1n) is 5.53. The smallest absolute Gasteiger partial charge is 0.295 e. The Morgan fingerprint density at radius 1 is 1.27 bits per heavy atom. The Morgan fingerprint density at radius 2 is 1.95 bits per heavy atom. The van der Waals surface area contributed by atoms with Crippen molar-refractivity contribution in [3.05, 3.63) is 48.0 Å². The van der Waals surface area contributed by atoms with E-state index in [9.17, 15) is 25.0 Å². The lowest BCUT2D eigenvalue weighted by molar-refractivity contribution is -0.394. The van der Waals surface area contributed by atoms with Gasteiger partial charge in [-0.05, 0) is 6.92 Å². The lowest BCUT2D eigenvalue weighted by Crippen LogP contribution is -2.13. The first-order valence-corrected chi connectivity index (χ1v) is 6.73. The Bertz CT molecular complexity index is 792. The van der Waals surface area contributed by atoms with Crippen LogP contribution in [0.2, 0.25) is 5.02 Å². The molecule has 0 aliphatic carbocycles. The van der Waals surface area contributed by atoms with E-state index in [2.05, 4.69) is 15.5 Å². The van der Waals surface area contributed by atoms with Crippen LogP contribution in [0.5, 0.6) is 0 Å². The van der Waals surface area contributed by atoms with Gasteiger partial charge in [-0.1, -0.05) is 22.9 Å². The van der Waals surface area contributed by atoms with Crippen molar-refractivity contribution in [1.82, 2.24) is 10.2 Å². The zero-order valence-corrected chi connectivity index (χ0v) is 12.3. The number of rotatable bonds is 4. The highest BCUT2D eigenvalue weighted by Gasteiger charge is 2.26. The molecular weight excluding hydrogens is 338 g/mol. The molecule has 0 bridgehead atoms. The largest absolute Gasteiger partial charge is 0.296 e. The number of carbonyl (C=O) groups is 1. The van der Waals surface area contributed by atoms with E-state index in [0.29, 0.717) is 11.1 Å². The summed E-state index contributed by atoms with van der Waals surface area (Å²) < 4.78 is 0. The molecule has 12 heteroatoms. The van der Waals surface area contributed by atoms with Crippen molar-refractivity contribution in [3.8, 4) is 0 Å². The minimum atomic E-state index is -0.902. The van der Waals surface area contributed by atoms with Crippen LogP contribution in [-0.4, -0.2) is 26.0 Å². The molecule has 0 saturated carbocycles. The molecule has 114 valence electrons. The zero-order chi connectivity index (χ0) is 16.4. The SMILES string of the molecule is Cc1nnc(NC(=O)c2cc([N+](=O)[O-])cc([N+](=O)[O-])c2Cl)s1. The highest BCUT2D eigenvalue weighted by Crippen LogP contribution is 2.33. The van der Waals surface area contributed by atoms with Crippen molar-refractivity contribution in [2.24, 2.45) is 0 Å². The molecular formula is C10H6ClN5O5S. The number of amides is 1. The number of nitro benzene ring substituents is 2. The second kappa shape index (κ2) is 5.99. The van der Waals surface area contributed by atoms with Crippen molar-refractivity contribution < 1.29 is 14.6 Å². The summed E-state index contributed by atoms with van der Waals surface area (Å²) in [5.41, 5.74) is -1.74. The van der Waals surface area contributed by atoms with Gasteiger partial charge >= 0.3 is 0 Å². The fourth-order valence-electron chi connectivity index (χ4n) is 1.51. The molecule has 22 heavy (non-hydrogen) atoms. The first-order chi connectivity index (χ1) is 10.3. The Balaban J connectivity index is 2.46. The number of aromatic nitrogens is 2. The molecule has 1 N–H and O–H groups in total. The van der Waals surface area contributed by atoms with Gasteiger partial charge in [0.1, 0.15) is 10.0 Å². The van der Waals surface area contributed by atoms with Gasteiger partial charge in [-0.15, -0.1) is 10.2 Å². The average Bonchev–Trinajstić information content (AvgIpc) is 2.83. The zero-order valence-electron chi connectivity index (χ0n) is 10.8. The topological polar surface area (TPSA) is 141 Å². The molecule has 1 aromatic carbocycles. The van der Waals surface area contributed by atoms with Gasteiger partial charge in [0.25, 0.3) is 17.3 Å². The highest BCUT2D eigenvalue weighted by atomic mass is 35.5. The second-order valence-electron chi connectivity index (χ2n) is 3.92. The lowest BCUT2D eigenvalue weighted by atomic mass is 10.1. The number of aryl methyl sites for hydroxylation is 1. The number of benzene rings is 1. The van der Waals surface area contributed by atoms with Crippen LogP contribution in [0.1, 0.15) is 15.4 Å². The van der Waals surface area contributed by atoms with E-state index in [1.807, 2.05) is 0 Å². The van der Waals surface area contributed by atoms with E-state index >= 15 is 0 Å². The second-order valence-corrected chi connectivity index (χ2v) is 5.48. The van der Waals surface area contributed by atoms with Gasteiger partial charge in [-0.2, -0.15) is 0 Å². The maximum atomic E-state index is 12.1. The van der Waals surface area contributed by atoms with Crippen molar-refractivity contribution in [1.29, 1.82) is 0 Å². The van der Waals surface area contributed by atoms with E-state index in [4.69, 9.17) is 11.6 Å². The monoisotopic (exact) mass is 343 g/mol. The summed E-state index contributed by atoms with van der Waals surface area (Å²) in [4.78, 5) is 32.0. The van der Waals surface area contributed by atoms with Crippen LogP contribution >= 0.6 is 22.9 Å². The first kappa shape index (κ1) is 15.7. The van der Waals surface area contributed by atoms with Crippen LogP contribution in [0.25, 0.3) is 0 Å². The van der Waals surface area contributed by atoms with Crippen molar-refractivity contribution in [2.75, 3.05) is 5.32 Å². The van der Waals surface area contributed by atoms with Gasteiger partial charge in [-0.25, -0.2) is 0 Å². The summed E-state index contributed by atoms with van der Waals surface area (Å²) in [6.45, 7) is 1.67. The predicted molar refractivity (Wildman–Crippen MR) is 77.4 cm³/mol. The third-order valence-electron chi connectivity index (χ3n) is 2.44. The summed E-state index contributed by atoms with van der Waals surface area (Å²) in [5, 5.41) is 31.6. The molecule has 10 nitrogen and oxygen atoms in total. The van der Waals surface area contributed by atoms with Crippen LogP contribution in [0.15, 0.2) is 12.1 Å². The number of hydrogen-bond acceptors (Lipinski definition) is 8. The van der Waals surface area contributed by atoms with E-state index in [1.165, 1.54) is 0 Å². The molecule has 1 heterocycles.